The number of aliphatic carboxylic acids is 1. The first kappa shape index (κ1) is 12.6. The van der Waals surface area contributed by atoms with Crippen molar-refractivity contribution in [2.24, 2.45) is 5.92 Å². The number of hydrogen-bond acceptors (Lipinski definition) is 5. The molecule has 18 heavy (non-hydrogen) atoms. The molecule has 1 unspecified atom stereocenters. The monoisotopic (exact) mass is 251 g/mol. The Labute approximate surface area is 105 Å². The van der Waals surface area contributed by atoms with Crippen LogP contribution in [0.3, 0.4) is 0 Å². The third-order valence-electron chi connectivity index (χ3n) is 3.25. The zero-order valence-electron chi connectivity index (χ0n) is 10.7. The van der Waals surface area contributed by atoms with E-state index in [0.29, 0.717) is 17.5 Å². The van der Waals surface area contributed by atoms with Gasteiger partial charge in [0, 0.05) is 6.07 Å². The van der Waals surface area contributed by atoms with Crippen molar-refractivity contribution in [3.05, 3.63) is 11.9 Å². The van der Waals surface area contributed by atoms with Gasteiger partial charge in [-0.2, -0.15) is 4.98 Å². The third-order valence-corrected chi connectivity index (χ3v) is 3.25. The number of hydrogen-bond donors (Lipinski definition) is 2. The Morgan fingerprint density at radius 3 is 2.72 bits per heavy atom. The Balaban J connectivity index is 2.26. The number of aromatic nitrogens is 2. The van der Waals surface area contributed by atoms with Crippen LogP contribution in [0.25, 0.3) is 0 Å². The van der Waals surface area contributed by atoms with Gasteiger partial charge in [0.1, 0.15) is 17.2 Å². The number of carbonyl (C=O) groups is 1. The summed E-state index contributed by atoms with van der Waals surface area (Å²) in [6.07, 6.45) is 1.86. The van der Waals surface area contributed by atoms with E-state index in [1.54, 1.807) is 19.9 Å². The standard InChI is InChI=1S/C12H17N3O3/c1-7-13-9(6-10(14-7)18-3)15-12(2,11(16)17)8-4-5-8/h6,8H,4-5H2,1-3H3,(H,16,17)(H,13,14,15). The first-order valence-electron chi connectivity index (χ1n) is 5.87. The van der Waals surface area contributed by atoms with Gasteiger partial charge in [0.05, 0.1) is 7.11 Å². The van der Waals surface area contributed by atoms with E-state index in [1.807, 2.05) is 0 Å². The normalized spacial score (nSPS) is 17.9. The molecule has 0 bridgehead atoms. The van der Waals surface area contributed by atoms with Gasteiger partial charge in [0.25, 0.3) is 0 Å². The lowest BCUT2D eigenvalue weighted by molar-refractivity contribution is -0.142. The molecule has 2 rings (SSSR count). The number of aryl methyl sites for hydroxylation is 1. The van der Waals surface area contributed by atoms with E-state index >= 15 is 0 Å². The summed E-state index contributed by atoms with van der Waals surface area (Å²) in [5, 5.41) is 12.4. The van der Waals surface area contributed by atoms with E-state index in [1.165, 1.54) is 7.11 Å². The summed E-state index contributed by atoms with van der Waals surface area (Å²) in [5.74, 6) is 0.738. The second-order valence-electron chi connectivity index (χ2n) is 4.75. The molecule has 0 radical (unpaired) electrons. The molecule has 1 aliphatic carbocycles. The largest absolute Gasteiger partial charge is 0.481 e. The van der Waals surface area contributed by atoms with Crippen molar-refractivity contribution < 1.29 is 14.6 Å². The Kier molecular flexibility index (Phi) is 3.11. The Morgan fingerprint density at radius 2 is 2.22 bits per heavy atom. The van der Waals surface area contributed by atoms with Crippen LogP contribution in [0.5, 0.6) is 5.88 Å². The highest BCUT2D eigenvalue weighted by molar-refractivity contribution is 5.83. The molecule has 0 spiro atoms. The minimum Gasteiger partial charge on any atom is -0.481 e. The van der Waals surface area contributed by atoms with E-state index < -0.39 is 11.5 Å². The molecule has 1 saturated carbocycles. The maximum atomic E-state index is 11.4. The second-order valence-corrected chi connectivity index (χ2v) is 4.75. The van der Waals surface area contributed by atoms with Crippen LogP contribution in [0.4, 0.5) is 5.82 Å². The van der Waals surface area contributed by atoms with Gasteiger partial charge in [-0.05, 0) is 32.6 Å². The highest BCUT2D eigenvalue weighted by Crippen LogP contribution is 2.41. The molecule has 1 aliphatic rings. The van der Waals surface area contributed by atoms with Crippen LogP contribution in [0, 0.1) is 12.8 Å². The van der Waals surface area contributed by atoms with Crippen molar-refractivity contribution in [3.63, 3.8) is 0 Å². The fourth-order valence-electron chi connectivity index (χ4n) is 1.97. The highest BCUT2D eigenvalue weighted by Gasteiger charge is 2.47. The summed E-state index contributed by atoms with van der Waals surface area (Å²) in [4.78, 5) is 19.7. The van der Waals surface area contributed by atoms with Gasteiger partial charge >= 0.3 is 5.97 Å². The minimum atomic E-state index is -0.980. The Bertz CT molecular complexity index is 474. The van der Waals surface area contributed by atoms with Crippen LogP contribution in [0.1, 0.15) is 25.6 Å². The van der Waals surface area contributed by atoms with Gasteiger partial charge in [-0.25, -0.2) is 9.78 Å². The summed E-state index contributed by atoms with van der Waals surface area (Å²) in [5.41, 5.74) is -0.980. The van der Waals surface area contributed by atoms with Gasteiger partial charge in [-0.1, -0.05) is 0 Å². The van der Waals surface area contributed by atoms with Crippen molar-refractivity contribution in [2.75, 3.05) is 12.4 Å². The van der Waals surface area contributed by atoms with Crippen molar-refractivity contribution in [3.8, 4) is 5.88 Å². The number of ether oxygens (including phenoxy) is 1. The first-order chi connectivity index (χ1) is 8.45. The lowest BCUT2D eigenvalue weighted by Crippen LogP contribution is -2.45. The van der Waals surface area contributed by atoms with Gasteiger partial charge in [-0.15, -0.1) is 0 Å². The number of nitrogens with one attached hydrogen (secondary N) is 1. The van der Waals surface area contributed by atoms with Gasteiger partial charge in [-0.3, -0.25) is 0 Å². The van der Waals surface area contributed by atoms with Crippen LogP contribution >= 0.6 is 0 Å². The number of carboxylic acid groups (broad SMARTS) is 1. The maximum Gasteiger partial charge on any atom is 0.329 e. The van der Waals surface area contributed by atoms with Crippen molar-refractivity contribution in [1.82, 2.24) is 9.97 Å². The van der Waals surface area contributed by atoms with E-state index in [2.05, 4.69) is 15.3 Å². The molecule has 1 atom stereocenters. The van der Waals surface area contributed by atoms with Crippen LogP contribution in [0.15, 0.2) is 6.07 Å². The predicted octanol–water partition coefficient (Wildman–Crippen LogP) is 1.46. The topological polar surface area (TPSA) is 84.3 Å². The van der Waals surface area contributed by atoms with Crippen LogP contribution in [0.2, 0.25) is 0 Å². The van der Waals surface area contributed by atoms with Crippen LogP contribution in [-0.2, 0) is 4.79 Å². The molecule has 0 aliphatic heterocycles. The highest BCUT2D eigenvalue weighted by atomic mass is 16.5. The number of rotatable bonds is 5. The predicted molar refractivity (Wildman–Crippen MR) is 65.7 cm³/mol. The zero-order chi connectivity index (χ0) is 13.3. The van der Waals surface area contributed by atoms with Crippen LogP contribution in [-0.4, -0.2) is 33.7 Å². The quantitative estimate of drug-likeness (QED) is 0.824. The van der Waals surface area contributed by atoms with E-state index in [-0.39, 0.29) is 5.92 Å². The molecule has 1 aromatic heterocycles. The molecule has 0 aromatic carbocycles. The van der Waals surface area contributed by atoms with E-state index in [4.69, 9.17) is 4.74 Å². The average Bonchev–Trinajstić information content (AvgIpc) is 3.11. The third kappa shape index (κ3) is 2.37. The molecular formula is C12H17N3O3. The molecule has 1 aromatic rings. The van der Waals surface area contributed by atoms with Gasteiger partial charge < -0.3 is 15.2 Å². The SMILES string of the molecule is COc1cc(NC(C)(C(=O)O)C2CC2)nc(C)n1. The number of anilines is 1. The average molecular weight is 251 g/mol. The fourth-order valence-corrected chi connectivity index (χ4v) is 1.97. The molecule has 1 fully saturated rings. The Morgan fingerprint density at radius 1 is 1.56 bits per heavy atom. The summed E-state index contributed by atoms with van der Waals surface area (Å²) >= 11 is 0. The van der Waals surface area contributed by atoms with Crippen molar-refractivity contribution >= 4 is 11.8 Å². The van der Waals surface area contributed by atoms with E-state index in [0.717, 1.165) is 12.8 Å². The number of methoxy groups -OCH3 is 1. The van der Waals surface area contributed by atoms with Crippen molar-refractivity contribution in [2.45, 2.75) is 32.2 Å². The first-order valence-corrected chi connectivity index (χ1v) is 5.87. The molecule has 6 heteroatoms. The van der Waals surface area contributed by atoms with Crippen LogP contribution < -0.4 is 10.1 Å². The molecule has 1 heterocycles. The maximum absolute atomic E-state index is 11.4. The van der Waals surface area contributed by atoms with Gasteiger partial charge in [0.15, 0.2) is 0 Å². The summed E-state index contributed by atoms with van der Waals surface area (Å²) in [6, 6.07) is 1.61. The fraction of sp³-hybridized carbons (Fsp3) is 0.583. The Hall–Kier alpha value is -1.85. The summed E-state index contributed by atoms with van der Waals surface area (Å²) in [7, 11) is 1.52. The van der Waals surface area contributed by atoms with Crippen molar-refractivity contribution in [1.29, 1.82) is 0 Å². The molecule has 0 amide bonds. The molecule has 98 valence electrons. The second kappa shape index (κ2) is 4.44. The van der Waals surface area contributed by atoms with Gasteiger partial charge in [0.2, 0.25) is 5.88 Å². The minimum absolute atomic E-state index is 0.149. The summed E-state index contributed by atoms with van der Waals surface area (Å²) in [6.45, 7) is 3.43. The zero-order valence-corrected chi connectivity index (χ0v) is 10.7. The molecule has 6 nitrogen and oxygen atoms in total. The molecule has 2 N–H and O–H groups in total. The lowest BCUT2D eigenvalue weighted by Gasteiger charge is -2.26. The number of carboxylic acids is 1. The smallest absolute Gasteiger partial charge is 0.329 e. The summed E-state index contributed by atoms with van der Waals surface area (Å²) < 4.78 is 5.05. The molecular weight excluding hydrogens is 234 g/mol. The number of nitrogens with zero attached hydrogens (tertiary/aromatic N) is 2. The van der Waals surface area contributed by atoms with E-state index in [9.17, 15) is 9.90 Å². The lowest BCUT2D eigenvalue weighted by atomic mass is 9.96. The molecule has 0 saturated heterocycles.